The van der Waals surface area contributed by atoms with Gasteiger partial charge in [-0.05, 0) is 72.3 Å². The van der Waals surface area contributed by atoms with Crippen LogP contribution >= 0.6 is 0 Å². The van der Waals surface area contributed by atoms with Crippen LogP contribution in [0.25, 0.3) is 11.1 Å². The first-order chi connectivity index (χ1) is 16.3. The molecule has 0 radical (unpaired) electrons. The number of hydrogen-bond acceptors (Lipinski definition) is 3. The molecular weight excluding hydrogens is 439 g/mol. The Balaban J connectivity index is 1.39. The molecule has 0 aliphatic carbocycles. The van der Waals surface area contributed by atoms with Gasteiger partial charge < -0.3 is 10.5 Å². The van der Waals surface area contributed by atoms with Crippen molar-refractivity contribution in [3.05, 3.63) is 89.5 Å². The molecule has 1 heterocycles. The van der Waals surface area contributed by atoms with E-state index in [4.69, 9.17) is 15.9 Å². The number of hydrogen-bond donors (Lipinski definition) is 2. The van der Waals surface area contributed by atoms with Crippen molar-refractivity contribution in [3.8, 4) is 16.9 Å². The largest absolute Gasteiger partial charge is 0.489 e. The summed E-state index contributed by atoms with van der Waals surface area (Å²) in [4.78, 5) is 2.19. The molecule has 3 aromatic carbocycles. The van der Waals surface area contributed by atoms with Crippen LogP contribution in [-0.4, -0.2) is 30.4 Å². The molecule has 1 fully saturated rings. The van der Waals surface area contributed by atoms with Crippen molar-refractivity contribution in [3.63, 3.8) is 0 Å². The molecule has 4 rings (SSSR count). The second-order valence-corrected chi connectivity index (χ2v) is 8.68. The molecule has 178 valence electrons. The zero-order chi connectivity index (χ0) is 24.1. The summed E-state index contributed by atoms with van der Waals surface area (Å²) in [7, 11) is 0. The number of likely N-dealkylation sites (tertiary alicyclic amines) is 1. The molecule has 1 aliphatic heterocycles. The molecule has 34 heavy (non-hydrogen) atoms. The molecule has 1 saturated heterocycles. The molecule has 0 saturated carbocycles. The average molecular weight is 468 g/mol. The molecule has 7 heteroatoms. The molecule has 0 bridgehead atoms. The van der Waals surface area contributed by atoms with Crippen LogP contribution in [0, 0.1) is 5.41 Å². The van der Waals surface area contributed by atoms with Crippen LogP contribution < -0.4 is 10.5 Å². The summed E-state index contributed by atoms with van der Waals surface area (Å²) in [6, 6.07) is 20.8. The maximum atomic E-state index is 13.7. The third-order valence-electron chi connectivity index (χ3n) is 6.21. The highest BCUT2D eigenvalue weighted by atomic mass is 19.4. The molecule has 4 nitrogen and oxygen atoms in total. The lowest BCUT2D eigenvalue weighted by molar-refractivity contribution is -0.137. The van der Waals surface area contributed by atoms with E-state index in [1.165, 1.54) is 17.7 Å². The van der Waals surface area contributed by atoms with Gasteiger partial charge in [0.2, 0.25) is 0 Å². The van der Waals surface area contributed by atoms with Gasteiger partial charge in [0.15, 0.2) is 0 Å². The van der Waals surface area contributed by atoms with Crippen LogP contribution in [0.2, 0.25) is 0 Å². The van der Waals surface area contributed by atoms with E-state index in [0.29, 0.717) is 29.3 Å². The van der Waals surface area contributed by atoms with Gasteiger partial charge in [0, 0.05) is 0 Å². The van der Waals surface area contributed by atoms with Crippen molar-refractivity contribution < 1.29 is 17.9 Å². The normalized spacial score (nSPS) is 15.3. The monoisotopic (exact) mass is 467 g/mol. The average Bonchev–Trinajstić information content (AvgIpc) is 2.83. The van der Waals surface area contributed by atoms with Crippen molar-refractivity contribution in [1.82, 2.24) is 4.90 Å². The van der Waals surface area contributed by atoms with Gasteiger partial charge >= 0.3 is 6.18 Å². The Hall–Kier alpha value is -3.32. The minimum absolute atomic E-state index is 0.0565. The second kappa shape index (κ2) is 10.3. The summed E-state index contributed by atoms with van der Waals surface area (Å²) in [5, 5.41) is 7.43. The Morgan fingerprint density at radius 3 is 2.26 bits per heavy atom. The van der Waals surface area contributed by atoms with Crippen LogP contribution in [0.3, 0.4) is 0 Å². The van der Waals surface area contributed by atoms with E-state index in [1.54, 1.807) is 36.4 Å². The highest BCUT2D eigenvalue weighted by molar-refractivity contribution is 5.78. The Labute approximate surface area is 197 Å². The van der Waals surface area contributed by atoms with Crippen LogP contribution in [-0.2, 0) is 12.8 Å². The van der Waals surface area contributed by atoms with Crippen LogP contribution in [0.15, 0.2) is 72.8 Å². The lowest BCUT2D eigenvalue weighted by atomic mass is 9.89. The molecule has 0 unspecified atom stereocenters. The second-order valence-electron chi connectivity index (χ2n) is 8.68. The van der Waals surface area contributed by atoms with E-state index in [0.717, 1.165) is 25.9 Å². The first-order valence-corrected chi connectivity index (χ1v) is 11.3. The summed E-state index contributed by atoms with van der Waals surface area (Å²) in [5.41, 5.74) is 7.22. The van der Waals surface area contributed by atoms with E-state index in [2.05, 4.69) is 4.90 Å². The maximum Gasteiger partial charge on any atom is 0.417 e. The number of ether oxygens (including phenoxy) is 1. The van der Waals surface area contributed by atoms with Crippen LogP contribution in [0.1, 0.15) is 35.4 Å². The fraction of sp³-hybridized carbons (Fsp3) is 0.296. The molecule has 3 aromatic rings. The number of nitrogens with zero attached hydrogens (tertiary/aromatic N) is 1. The van der Waals surface area contributed by atoms with Gasteiger partial charge in [-0.3, -0.25) is 10.3 Å². The zero-order valence-corrected chi connectivity index (χ0v) is 18.8. The number of nitrogens with two attached hydrogens (primary N) is 1. The van der Waals surface area contributed by atoms with Crippen LogP contribution in [0.5, 0.6) is 5.75 Å². The van der Waals surface area contributed by atoms with Gasteiger partial charge in [0.25, 0.3) is 0 Å². The van der Waals surface area contributed by atoms with Crippen molar-refractivity contribution in [2.75, 3.05) is 19.6 Å². The summed E-state index contributed by atoms with van der Waals surface area (Å²) in [6.07, 6.45) is -2.45. The van der Waals surface area contributed by atoms with Gasteiger partial charge in [0.05, 0.1) is 12.1 Å². The Morgan fingerprint density at radius 1 is 0.971 bits per heavy atom. The predicted molar refractivity (Wildman–Crippen MR) is 128 cm³/mol. The third kappa shape index (κ3) is 5.97. The number of halogens is 3. The quantitative estimate of drug-likeness (QED) is 0.328. The Morgan fingerprint density at radius 2 is 1.65 bits per heavy atom. The fourth-order valence-corrected chi connectivity index (χ4v) is 4.45. The highest BCUT2D eigenvalue weighted by Crippen LogP contribution is 2.38. The summed E-state index contributed by atoms with van der Waals surface area (Å²) in [5.74, 6) is 1.26. The van der Waals surface area contributed by atoms with E-state index in [-0.39, 0.29) is 18.0 Å². The topological polar surface area (TPSA) is 62.3 Å². The standard InChI is InChI=1S/C27H28F3N3O/c28-27(29,30)25-16-19(6-11-24(25)22-4-2-1-3-5-22)18-34-23-9-7-20(8-10-23)21-12-14-33(15-13-21)17-26(31)32/h1-11,16,21H,12-15,17-18H2,(H3,31,32). The molecule has 0 atom stereocenters. The predicted octanol–water partition coefficient (Wildman–Crippen LogP) is 6.07. The molecule has 3 N–H and O–H groups in total. The number of benzene rings is 3. The number of rotatable bonds is 7. The minimum atomic E-state index is -4.46. The number of nitrogens with one attached hydrogen (secondary N) is 1. The Bertz CT molecular complexity index is 1110. The van der Waals surface area contributed by atoms with E-state index in [9.17, 15) is 13.2 Å². The van der Waals surface area contributed by atoms with Crippen molar-refractivity contribution >= 4 is 5.84 Å². The van der Waals surface area contributed by atoms with E-state index in [1.807, 2.05) is 24.3 Å². The number of piperidine rings is 1. The molecule has 0 aromatic heterocycles. The maximum absolute atomic E-state index is 13.7. The van der Waals surface area contributed by atoms with Gasteiger partial charge in [0.1, 0.15) is 18.2 Å². The summed E-state index contributed by atoms with van der Waals surface area (Å²) < 4.78 is 47.0. The number of amidine groups is 1. The summed E-state index contributed by atoms with van der Waals surface area (Å²) in [6.45, 7) is 2.38. The Kier molecular flexibility index (Phi) is 7.22. The molecule has 0 spiro atoms. The van der Waals surface area contributed by atoms with Crippen LogP contribution in [0.4, 0.5) is 13.2 Å². The van der Waals surface area contributed by atoms with Gasteiger partial charge in [-0.1, -0.05) is 54.6 Å². The van der Waals surface area contributed by atoms with Crippen molar-refractivity contribution in [1.29, 1.82) is 5.41 Å². The molecular formula is C27H28F3N3O. The number of alkyl halides is 3. The fourth-order valence-electron chi connectivity index (χ4n) is 4.45. The first kappa shape index (κ1) is 23.8. The van der Waals surface area contributed by atoms with E-state index >= 15 is 0 Å². The lowest BCUT2D eigenvalue weighted by Gasteiger charge is -2.31. The molecule has 1 aliphatic rings. The SMILES string of the molecule is N=C(N)CN1CCC(c2ccc(OCc3ccc(-c4ccccc4)c(C(F)(F)F)c3)cc2)CC1. The summed E-state index contributed by atoms with van der Waals surface area (Å²) >= 11 is 0. The highest BCUT2D eigenvalue weighted by Gasteiger charge is 2.34. The lowest BCUT2D eigenvalue weighted by Crippen LogP contribution is -2.38. The van der Waals surface area contributed by atoms with Crippen molar-refractivity contribution in [2.45, 2.75) is 31.5 Å². The minimum Gasteiger partial charge on any atom is -0.489 e. The smallest absolute Gasteiger partial charge is 0.417 e. The van der Waals surface area contributed by atoms with Gasteiger partial charge in [-0.15, -0.1) is 0 Å². The third-order valence-corrected chi connectivity index (χ3v) is 6.21. The van der Waals surface area contributed by atoms with Crippen molar-refractivity contribution in [2.24, 2.45) is 5.73 Å². The zero-order valence-electron chi connectivity index (χ0n) is 18.8. The molecule has 0 amide bonds. The van der Waals surface area contributed by atoms with Gasteiger partial charge in [-0.2, -0.15) is 13.2 Å². The first-order valence-electron chi connectivity index (χ1n) is 11.3. The van der Waals surface area contributed by atoms with E-state index < -0.39 is 11.7 Å². The van der Waals surface area contributed by atoms with Gasteiger partial charge in [-0.25, -0.2) is 0 Å².